The fourth-order valence-electron chi connectivity index (χ4n) is 2.07. The van der Waals surface area contributed by atoms with Crippen LogP contribution in [0.25, 0.3) is 0 Å². The molecule has 6 nitrogen and oxygen atoms in total. The average molecular weight is 263 g/mol. The molecule has 1 amide bonds. The van der Waals surface area contributed by atoms with Gasteiger partial charge in [-0.05, 0) is 45.8 Å². The molecule has 0 aliphatic carbocycles. The van der Waals surface area contributed by atoms with Crippen LogP contribution >= 0.6 is 0 Å². The number of piperidine rings is 1. The molecule has 1 aliphatic rings. The molecule has 1 aromatic heterocycles. The number of hydrogen-bond acceptors (Lipinski definition) is 5. The summed E-state index contributed by atoms with van der Waals surface area (Å²) in [7, 11) is 0. The van der Waals surface area contributed by atoms with Crippen molar-refractivity contribution in [3.63, 3.8) is 0 Å². The van der Waals surface area contributed by atoms with E-state index < -0.39 is 0 Å². The number of nitrogens with zero attached hydrogens (tertiary/aromatic N) is 2. The predicted octanol–water partition coefficient (Wildman–Crippen LogP) is 1.23. The highest BCUT2D eigenvalue weighted by atomic mass is 16.1. The van der Waals surface area contributed by atoms with Crippen LogP contribution in [-0.2, 0) is 4.79 Å². The quantitative estimate of drug-likeness (QED) is 0.761. The van der Waals surface area contributed by atoms with Crippen LogP contribution in [0.2, 0.25) is 0 Å². The van der Waals surface area contributed by atoms with Crippen LogP contribution < -0.4 is 16.0 Å². The third kappa shape index (κ3) is 4.17. The van der Waals surface area contributed by atoms with E-state index in [1.807, 2.05) is 13.8 Å². The molecule has 1 aromatic rings. The highest BCUT2D eigenvalue weighted by Crippen LogP contribution is 2.15. The second-order valence-corrected chi connectivity index (χ2v) is 5.08. The van der Waals surface area contributed by atoms with E-state index in [1.165, 1.54) is 0 Å². The lowest BCUT2D eigenvalue weighted by Crippen LogP contribution is -2.34. The summed E-state index contributed by atoms with van der Waals surface area (Å²) in [5, 5.41) is 9.23. The van der Waals surface area contributed by atoms with Crippen LogP contribution in [-0.4, -0.2) is 35.0 Å². The lowest BCUT2D eigenvalue weighted by molar-refractivity contribution is -0.120. The maximum absolute atomic E-state index is 12.1. The molecule has 0 bridgehead atoms. The Morgan fingerprint density at radius 1 is 1.42 bits per heavy atom. The van der Waals surface area contributed by atoms with Gasteiger partial charge in [0.1, 0.15) is 5.82 Å². The third-order valence-corrected chi connectivity index (χ3v) is 3.03. The van der Waals surface area contributed by atoms with Gasteiger partial charge in [0.25, 0.3) is 0 Å². The molecular weight excluding hydrogens is 242 g/mol. The molecular formula is C13H21N5O. The first-order valence-corrected chi connectivity index (χ1v) is 6.76. The van der Waals surface area contributed by atoms with Crippen molar-refractivity contribution in [3.8, 4) is 0 Å². The molecule has 3 N–H and O–H groups in total. The minimum Gasteiger partial charge on any atom is -0.352 e. The lowest BCUT2D eigenvalue weighted by Gasteiger charge is -2.21. The van der Waals surface area contributed by atoms with E-state index in [0.717, 1.165) is 25.9 Å². The second kappa shape index (κ2) is 6.47. The van der Waals surface area contributed by atoms with Gasteiger partial charge in [0.2, 0.25) is 11.9 Å². The first-order valence-electron chi connectivity index (χ1n) is 6.76. The van der Waals surface area contributed by atoms with Gasteiger partial charge in [0.15, 0.2) is 0 Å². The normalized spacial score (nSPS) is 16.4. The summed E-state index contributed by atoms with van der Waals surface area (Å²) in [5.41, 5.74) is 0. The van der Waals surface area contributed by atoms with E-state index in [-0.39, 0.29) is 17.9 Å². The molecule has 0 spiro atoms. The topological polar surface area (TPSA) is 78.9 Å². The number of hydrogen-bond donors (Lipinski definition) is 3. The molecule has 1 aliphatic heterocycles. The molecule has 2 rings (SSSR count). The Labute approximate surface area is 113 Å². The minimum atomic E-state index is 0.0516. The highest BCUT2D eigenvalue weighted by Gasteiger charge is 2.21. The summed E-state index contributed by atoms with van der Waals surface area (Å²) in [4.78, 5) is 20.5. The Hall–Kier alpha value is -1.69. The molecule has 0 radical (unpaired) electrons. The van der Waals surface area contributed by atoms with Crippen LogP contribution in [0.4, 0.5) is 11.8 Å². The van der Waals surface area contributed by atoms with Crippen molar-refractivity contribution in [2.45, 2.75) is 32.7 Å². The van der Waals surface area contributed by atoms with Crippen molar-refractivity contribution < 1.29 is 4.79 Å². The minimum absolute atomic E-state index is 0.0516. The highest BCUT2D eigenvalue weighted by molar-refractivity contribution is 5.91. The van der Waals surface area contributed by atoms with Crippen LogP contribution in [0.3, 0.4) is 0 Å². The first-order chi connectivity index (χ1) is 9.15. The monoisotopic (exact) mass is 263 g/mol. The van der Waals surface area contributed by atoms with Gasteiger partial charge in [-0.15, -0.1) is 0 Å². The maximum Gasteiger partial charge on any atom is 0.228 e. The van der Waals surface area contributed by atoms with Gasteiger partial charge in [-0.1, -0.05) is 0 Å². The fourth-order valence-corrected chi connectivity index (χ4v) is 2.07. The van der Waals surface area contributed by atoms with Crippen LogP contribution in [0.15, 0.2) is 12.3 Å². The first kappa shape index (κ1) is 13.7. The fraction of sp³-hybridized carbons (Fsp3) is 0.615. The zero-order valence-corrected chi connectivity index (χ0v) is 11.4. The zero-order valence-electron chi connectivity index (χ0n) is 11.4. The number of rotatable bonds is 4. The van der Waals surface area contributed by atoms with Crippen molar-refractivity contribution in [2.75, 3.05) is 23.7 Å². The molecule has 104 valence electrons. The van der Waals surface area contributed by atoms with Crippen LogP contribution in [0.5, 0.6) is 0 Å². The van der Waals surface area contributed by atoms with E-state index in [4.69, 9.17) is 0 Å². The Morgan fingerprint density at radius 2 is 2.16 bits per heavy atom. The molecule has 2 heterocycles. The second-order valence-electron chi connectivity index (χ2n) is 5.08. The number of amides is 1. The number of aromatic nitrogens is 2. The Bertz CT molecular complexity index is 429. The van der Waals surface area contributed by atoms with Gasteiger partial charge in [0.05, 0.1) is 0 Å². The van der Waals surface area contributed by atoms with E-state index in [0.29, 0.717) is 11.8 Å². The van der Waals surface area contributed by atoms with Crippen molar-refractivity contribution in [1.29, 1.82) is 0 Å². The van der Waals surface area contributed by atoms with Gasteiger partial charge in [-0.2, -0.15) is 4.98 Å². The van der Waals surface area contributed by atoms with Crippen molar-refractivity contribution >= 4 is 17.7 Å². The summed E-state index contributed by atoms with van der Waals surface area (Å²) < 4.78 is 0. The summed E-state index contributed by atoms with van der Waals surface area (Å²) in [6.07, 6.45) is 3.41. The number of nitrogens with one attached hydrogen (secondary N) is 3. The number of anilines is 2. The molecule has 1 saturated heterocycles. The zero-order chi connectivity index (χ0) is 13.7. The third-order valence-electron chi connectivity index (χ3n) is 3.03. The Balaban J connectivity index is 1.96. The maximum atomic E-state index is 12.1. The Morgan fingerprint density at radius 3 is 2.84 bits per heavy atom. The van der Waals surface area contributed by atoms with E-state index in [9.17, 15) is 4.79 Å². The molecule has 0 aromatic carbocycles. The Kier molecular flexibility index (Phi) is 4.68. The van der Waals surface area contributed by atoms with Gasteiger partial charge in [-0.25, -0.2) is 4.98 Å². The smallest absolute Gasteiger partial charge is 0.228 e. The number of carbonyl (C=O) groups is 1. The average Bonchev–Trinajstić information content (AvgIpc) is 2.39. The summed E-state index contributed by atoms with van der Waals surface area (Å²) in [6.45, 7) is 5.84. The SMILES string of the molecule is CC(C)Nc1nccc(NC(=O)C2CCNCC2)n1. The van der Waals surface area contributed by atoms with E-state index in [1.54, 1.807) is 12.3 Å². The lowest BCUT2D eigenvalue weighted by atomic mass is 9.97. The molecule has 0 atom stereocenters. The van der Waals surface area contributed by atoms with Gasteiger partial charge < -0.3 is 16.0 Å². The van der Waals surface area contributed by atoms with E-state index in [2.05, 4.69) is 25.9 Å². The number of carbonyl (C=O) groups excluding carboxylic acids is 1. The standard InChI is InChI=1S/C13H21N5O/c1-9(2)16-13-15-8-5-11(18-13)17-12(19)10-3-6-14-7-4-10/h5,8-10,14H,3-4,6-7H2,1-2H3,(H2,15,16,17,18,19). The van der Waals surface area contributed by atoms with Gasteiger partial charge >= 0.3 is 0 Å². The van der Waals surface area contributed by atoms with Gasteiger partial charge in [0, 0.05) is 18.2 Å². The molecule has 6 heteroatoms. The summed E-state index contributed by atoms with van der Waals surface area (Å²) >= 11 is 0. The molecule has 19 heavy (non-hydrogen) atoms. The van der Waals surface area contributed by atoms with Crippen molar-refractivity contribution in [1.82, 2.24) is 15.3 Å². The molecule has 1 fully saturated rings. The van der Waals surface area contributed by atoms with Crippen LogP contribution in [0, 0.1) is 5.92 Å². The van der Waals surface area contributed by atoms with Crippen LogP contribution in [0.1, 0.15) is 26.7 Å². The summed E-state index contributed by atoms with van der Waals surface area (Å²) in [6, 6.07) is 1.97. The van der Waals surface area contributed by atoms with Crippen molar-refractivity contribution in [2.24, 2.45) is 5.92 Å². The molecule has 0 saturated carbocycles. The van der Waals surface area contributed by atoms with E-state index >= 15 is 0 Å². The summed E-state index contributed by atoms with van der Waals surface area (Å²) in [5.74, 6) is 1.23. The predicted molar refractivity (Wildman–Crippen MR) is 75.0 cm³/mol. The van der Waals surface area contributed by atoms with Gasteiger partial charge in [-0.3, -0.25) is 4.79 Å². The largest absolute Gasteiger partial charge is 0.352 e. The van der Waals surface area contributed by atoms with Crippen molar-refractivity contribution in [3.05, 3.63) is 12.3 Å². The molecule has 0 unspecified atom stereocenters.